The van der Waals surface area contributed by atoms with Gasteiger partial charge in [0.25, 0.3) is 0 Å². The van der Waals surface area contributed by atoms with Crippen molar-refractivity contribution in [1.29, 1.82) is 0 Å². The first kappa shape index (κ1) is 36.6. The molecule has 2 aromatic heterocycles. The first-order valence-corrected chi connectivity index (χ1v) is 17.5. The van der Waals surface area contributed by atoms with Crippen molar-refractivity contribution in [2.45, 2.75) is 136 Å². The Kier molecular flexibility index (Phi) is 10.2. The van der Waals surface area contributed by atoms with Crippen LogP contribution in [0.15, 0.2) is 36.4 Å². The van der Waals surface area contributed by atoms with E-state index in [1.807, 2.05) is 36.4 Å². The Balaban J connectivity index is 0.000000192. The van der Waals surface area contributed by atoms with E-state index in [1.54, 1.807) is 0 Å². The number of carbonyl (C=O) groups is 1. The quantitative estimate of drug-likeness (QED) is 0.162. The summed E-state index contributed by atoms with van der Waals surface area (Å²) < 4.78 is 58.1. The largest absolute Gasteiger partial charge is 0.399 e. The van der Waals surface area contributed by atoms with E-state index in [0.717, 1.165) is 40.3 Å². The minimum absolute atomic E-state index is 0.00208. The molecule has 0 aliphatic heterocycles. The molecule has 4 aromatic rings. The average Bonchev–Trinajstić information content (AvgIpc) is 3.53. The summed E-state index contributed by atoms with van der Waals surface area (Å²) in [6, 6.07) is 11.4. The van der Waals surface area contributed by atoms with Gasteiger partial charge in [-0.1, -0.05) is 41.5 Å². The maximum absolute atomic E-state index is 13.5. The summed E-state index contributed by atoms with van der Waals surface area (Å²) in [5.41, 5.74) is 10.8. The Labute approximate surface area is 287 Å². The first-order chi connectivity index (χ1) is 22.7. The molecule has 2 saturated carbocycles. The van der Waals surface area contributed by atoms with Crippen LogP contribution in [0.25, 0.3) is 22.1 Å². The molecule has 2 aromatic carbocycles. The van der Waals surface area contributed by atoms with Crippen LogP contribution in [0.2, 0.25) is 0 Å². The fourth-order valence-electron chi connectivity index (χ4n) is 7.15. The maximum Gasteiger partial charge on any atom is 0.248 e. The Hall–Kier alpha value is -3.63. The molecule has 11 heteroatoms. The van der Waals surface area contributed by atoms with Crippen molar-refractivity contribution in [3.8, 4) is 0 Å². The number of amides is 1. The van der Waals surface area contributed by atoms with Crippen molar-refractivity contribution in [2.24, 2.45) is 11.8 Å². The zero-order valence-corrected chi connectivity index (χ0v) is 30.0. The SMILES string of the molecule is CC(=O)Nc1ccc2c(c1)nc(C(C)(C)C)n2CC1CCC(F)(F)CC1.CC(C)(C)c1nc2cc(N)ccc2n1CC1CCC(F)(F)CC1. The molecule has 3 N–H and O–H groups in total. The molecule has 0 bridgehead atoms. The van der Waals surface area contributed by atoms with Crippen molar-refractivity contribution in [2.75, 3.05) is 11.1 Å². The summed E-state index contributed by atoms with van der Waals surface area (Å²) in [7, 11) is 0. The summed E-state index contributed by atoms with van der Waals surface area (Å²) >= 11 is 0. The van der Waals surface area contributed by atoms with Gasteiger partial charge in [0.1, 0.15) is 11.6 Å². The number of nitrogens with zero attached hydrogens (tertiary/aromatic N) is 4. The van der Waals surface area contributed by atoms with Crippen LogP contribution >= 0.6 is 0 Å². The van der Waals surface area contributed by atoms with Gasteiger partial charge in [0, 0.05) is 67.9 Å². The van der Waals surface area contributed by atoms with Crippen LogP contribution in [0, 0.1) is 11.8 Å². The number of hydrogen-bond donors (Lipinski definition) is 2. The predicted molar refractivity (Wildman–Crippen MR) is 189 cm³/mol. The van der Waals surface area contributed by atoms with Crippen LogP contribution in [0.3, 0.4) is 0 Å². The summed E-state index contributed by atoms with van der Waals surface area (Å²) in [6.45, 7) is 15.6. The van der Waals surface area contributed by atoms with Crippen LogP contribution in [0.5, 0.6) is 0 Å². The number of imidazole rings is 2. The zero-order valence-electron chi connectivity index (χ0n) is 30.0. The first-order valence-electron chi connectivity index (χ1n) is 17.5. The van der Waals surface area contributed by atoms with Gasteiger partial charge in [-0.05, 0) is 73.9 Å². The highest BCUT2D eigenvalue weighted by Crippen LogP contribution is 2.40. The van der Waals surface area contributed by atoms with E-state index in [0.29, 0.717) is 43.6 Å². The van der Waals surface area contributed by atoms with Gasteiger partial charge in [0.2, 0.25) is 17.8 Å². The molecular formula is C38H52F4N6O. The van der Waals surface area contributed by atoms with E-state index in [4.69, 9.17) is 15.7 Å². The van der Waals surface area contributed by atoms with Crippen molar-refractivity contribution in [1.82, 2.24) is 19.1 Å². The number of hydrogen-bond acceptors (Lipinski definition) is 4. The Morgan fingerprint density at radius 2 is 1.16 bits per heavy atom. The Morgan fingerprint density at radius 1 is 0.755 bits per heavy atom. The van der Waals surface area contributed by atoms with Crippen LogP contribution in [0.4, 0.5) is 28.9 Å². The lowest BCUT2D eigenvalue weighted by Gasteiger charge is -2.30. The van der Waals surface area contributed by atoms with Gasteiger partial charge in [-0.15, -0.1) is 0 Å². The van der Waals surface area contributed by atoms with Crippen LogP contribution in [-0.2, 0) is 28.7 Å². The number of alkyl halides is 4. The minimum Gasteiger partial charge on any atom is -0.399 e. The number of carbonyl (C=O) groups excluding carboxylic acids is 1. The minimum atomic E-state index is -2.51. The molecule has 0 radical (unpaired) electrons. The molecule has 2 heterocycles. The molecule has 0 spiro atoms. The van der Waals surface area contributed by atoms with Crippen molar-refractivity contribution < 1.29 is 22.4 Å². The molecule has 0 atom stereocenters. The third kappa shape index (κ3) is 8.94. The van der Waals surface area contributed by atoms with Gasteiger partial charge in [-0.25, -0.2) is 27.5 Å². The van der Waals surface area contributed by atoms with Crippen molar-refractivity contribution in [3.63, 3.8) is 0 Å². The van der Waals surface area contributed by atoms with E-state index in [-0.39, 0.29) is 54.3 Å². The number of anilines is 2. The van der Waals surface area contributed by atoms with E-state index < -0.39 is 11.8 Å². The van der Waals surface area contributed by atoms with Crippen LogP contribution in [0.1, 0.15) is 111 Å². The number of nitrogen functional groups attached to an aromatic ring is 1. The molecule has 49 heavy (non-hydrogen) atoms. The Morgan fingerprint density at radius 3 is 1.57 bits per heavy atom. The van der Waals surface area contributed by atoms with E-state index in [1.165, 1.54) is 6.92 Å². The summed E-state index contributed by atoms with van der Waals surface area (Å²) in [5.74, 6) is -2.64. The van der Waals surface area contributed by atoms with Gasteiger partial charge in [-0.3, -0.25) is 4.79 Å². The number of rotatable bonds is 5. The second kappa shape index (κ2) is 13.6. The smallest absolute Gasteiger partial charge is 0.248 e. The molecular weight excluding hydrogens is 632 g/mol. The molecule has 2 aliphatic carbocycles. The Bertz CT molecular complexity index is 1780. The monoisotopic (exact) mass is 684 g/mol. The zero-order chi connectivity index (χ0) is 35.9. The van der Waals surface area contributed by atoms with Crippen molar-refractivity contribution in [3.05, 3.63) is 48.0 Å². The summed E-state index contributed by atoms with van der Waals surface area (Å²) in [6.07, 6.45) is 2.19. The molecule has 7 nitrogen and oxygen atoms in total. The average molecular weight is 685 g/mol. The van der Waals surface area contributed by atoms with Gasteiger partial charge < -0.3 is 20.2 Å². The van der Waals surface area contributed by atoms with E-state index in [9.17, 15) is 22.4 Å². The molecule has 0 saturated heterocycles. The lowest BCUT2D eigenvalue weighted by Crippen LogP contribution is -2.28. The van der Waals surface area contributed by atoms with Gasteiger partial charge in [-0.2, -0.15) is 0 Å². The number of fused-ring (bicyclic) bond motifs is 2. The highest BCUT2D eigenvalue weighted by atomic mass is 19.3. The van der Waals surface area contributed by atoms with E-state index >= 15 is 0 Å². The fraction of sp³-hybridized carbons (Fsp3) is 0.605. The number of benzene rings is 2. The van der Waals surface area contributed by atoms with Gasteiger partial charge in [0.15, 0.2) is 0 Å². The molecule has 2 aliphatic rings. The lowest BCUT2D eigenvalue weighted by molar-refractivity contribution is -0.114. The second-order valence-electron chi connectivity index (χ2n) is 16.3. The summed E-state index contributed by atoms with van der Waals surface area (Å²) in [4.78, 5) is 20.9. The number of halogens is 4. The number of nitrogens with two attached hydrogens (primary N) is 1. The van der Waals surface area contributed by atoms with E-state index in [2.05, 4.69) is 56.0 Å². The topological polar surface area (TPSA) is 90.8 Å². The highest BCUT2D eigenvalue weighted by Gasteiger charge is 2.37. The third-order valence-electron chi connectivity index (χ3n) is 9.74. The molecule has 0 unspecified atom stereocenters. The number of aromatic nitrogens is 4. The van der Waals surface area contributed by atoms with Crippen LogP contribution < -0.4 is 11.1 Å². The van der Waals surface area contributed by atoms with Gasteiger partial charge >= 0.3 is 0 Å². The molecule has 1 amide bonds. The fourth-order valence-corrected chi connectivity index (χ4v) is 7.15. The summed E-state index contributed by atoms with van der Waals surface area (Å²) in [5, 5.41) is 2.78. The predicted octanol–water partition coefficient (Wildman–Crippen LogP) is 9.86. The molecule has 6 rings (SSSR count). The second-order valence-corrected chi connectivity index (χ2v) is 16.3. The van der Waals surface area contributed by atoms with Gasteiger partial charge in [0.05, 0.1) is 22.1 Å². The standard InChI is InChI=1S/C20H27F2N3O.C18H25F2N3/c1-13(26)23-15-5-6-17-16(11-15)24-18(19(2,3)4)25(17)12-14-7-9-20(21,22)10-8-14;1-17(2,3)16-22-14-10-13(21)4-5-15(14)23(16)11-12-6-8-18(19,20)9-7-12/h5-6,11,14H,7-10,12H2,1-4H3,(H,23,26);4-5,10,12H,6-9,11,21H2,1-3H3. The third-order valence-corrected chi connectivity index (χ3v) is 9.74. The normalized spacial score (nSPS) is 18.8. The highest BCUT2D eigenvalue weighted by molar-refractivity contribution is 5.91. The number of nitrogens with one attached hydrogen (secondary N) is 1. The van der Waals surface area contributed by atoms with Crippen molar-refractivity contribution >= 4 is 39.3 Å². The molecule has 268 valence electrons. The lowest BCUT2D eigenvalue weighted by atomic mass is 9.86. The molecule has 2 fully saturated rings. The maximum atomic E-state index is 13.5. The van der Waals surface area contributed by atoms with Crippen LogP contribution in [-0.4, -0.2) is 36.9 Å².